The van der Waals surface area contributed by atoms with E-state index < -0.39 is 0 Å². The Kier molecular flexibility index (Phi) is 6.20. The molecule has 1 amide bonds. The molecule has 4 nitrogen and oxygen atoms in total. The van der Waals surface area contributed by atoms with Crippen molar-refractivity contribution in [1.82, 2.24) is 14.8 Å². The van der Waals surface area contributed by atoms with Gasteiger partial charge in [0.25, 0.3) is 5.91 Å². The van der Waals surface area contributed by atoms with E-state index in [1.54, 1.807) is 6.20 Å². The number of aromatic nitrogens is 1. The van der Waals surface area contributed by atoms with Crippen LogP contribution in [0.5, 0.6) is 0 Å². The van der Waals surface area contributed by atoms with Gasteiger partial charge in [-0.1, -0.05) is 61.5 Å². The first-order valence-corrected chi connectivity index (χ1v) is 10.7. The van der Waals surface area contributed by atoms with E-state index in [2.05, 4.69) is 52.0 Å². The number of pyridine rings is 1. The fourth-order valence-electron chi connectivity index (χ4n) is 4.40. The van der Waals surface area contributed by atoms with Crippen LogP contribution in [-0.2, 0) is 6.54 Å². The summed E-state index contributed by atoms with van der Waals surface area (Å²) in [5.74, 6) is 0.114. The summed E-state index contributed by atoms with van der Waals surface area (Å²) in [5, 5.41) is 2.01. The summed E-state index contributed by atoms with van der Waals surface area (Å²) in [6, 6.07) is 18.9. The van der Waals surface area contributed by atoms with Gasteiger partial charge in [-0.25, -0.2) is 0 Å². The lowest BCUT2D eigenvalue weighted by Gasteiger charge is -2.39. The van der Waals surface area contributed by atoms with Crippen LogP contribution in [0.15, 0.2) is 67.0 Å². The van der Waals surface area contributed by atoms with Crippen molar-refractivity contribution in [3.8, 4) is 0 Å². The lowest BCUT2D eigenvalue weighted by atomic mass is 10.0. The van der Waals surface area contributed by atoms with Gasteiger partial charge in [-0.2, -0.15) is 0 Å². The van der Waals surface area contributed by atoms with Crippen molar-refractivity contribution in [3.63, 3.8) is 0 Å². The highest BCUT2D eigenvalue weighted by atomic mass is 16.2. The number of carbonyl (C=O) groups is 1. The summed E-state index contributed by atoms with van der Waals surface area (Å²) < 4.78 is 0. The second-order valence-corrected chi connectivity index (χ2v) is 7.92. The Morgan fingerprint density at radius 1 is 1.10 bits per heavy atom. The zero-order valence-electron chi connectivity index (χ0n) is 17.1. The molecular weight excluding hydrogens is 358 g/mol. The minimum absolute atomic E-state index is 0.114. The molecule has 1 aliphatic rings. The lowest BCUT2D eigenvalue weighted by molar-refractivity contribution is 0.0536. The average Bonchev–Trinajstić information content (AvgIpc) is 2.77. The molecule has 4 heteroatoms. The molecule has 4 rings (SSSR count). The van der Waals surface area contributed by atoms with E-state index in [9.17, 15) is 4.79 Å². The molecule has 1 atom stereocenters. The van der Waals surface area contributed by atoms with Crippen LogP contribution in [0.4, 0.5) is 0 Å². The maximum absolute atomic E-state index is 13.6. The Balaban J connectivity index is 1.55. The Labute approximate surface area is 173 Å². The molecule has 0 N–H and O–H groups in total. The van der Waals surface area contributed by atoms with Crippen LogP contribution in [0.3, 0.4) is 0 Å². The Morgan fingerprint density at radius 2 is 1.90 bits per heavy atom. The largest absolute Gasteiger partial charge is 0.334 e. The maximum Gasteiger partial charge on any atom is 0.256 e. The first kappa shape index (κ1) is 19.6. The van der Waals surface area contributed by atoms with Gasteiger partial charge in [0.1, 0.15) is 0 Å². The first-order valence-electron chi connectivity index (χ1n) is 10.7. The van der Waals surface area contributed by atoms with Gasteiger partial charge in [-0.05, 0) is 36.8 Å². The second kappa shape index (κ2) is 9.19. The fraction of sp³-hybridized carbons (Fsp3) is 0.360. The van der Waals surface area contributed by atoms with Crippen LogP contribution in [0.2, 0.25) is 0 Å². The summed E-state index contributed by atoms with van der Waals surface area (Å²) in [4.78, 5) is 22.5. The number of rotatable bonds is 6. The number of benzene rings is 2. The molecule has 1 saturated heterocycles. The minimum atomic E-state index is 0.114. The molecule has 1 fully saturated rings. The van der Waals surface area contributed by atoms with E-state index in [0.29, 0.717) is 0 Å². The summed E-state index contributed by atoms with van der Waals surface area (Å²) in [5.41, 5.74) is 2.05. The van der Waals surface area contributed by atoms with E-state index in [1.807, 2.05) is 30.5 Å². The topological polar surface area (TPSA) is 36.4 Å². The smallest absolute Gasteiger partial charge is 0.256 e. The Morgan fingerprint density at radius 3 is 2.72 bits per heavy atom. The third-order valence-electron chi connectivity index (χ3n) is 5.79. The molecule has 2 heterocycles. The van der Waals surface area contributed by atoms with Crippen molar-refractivity contribution in [2.75, 3.05) is 19.6 Å². The van der Waals surface area contributed by atoms with Crippen molar-refractivity contribution in [2.24, 2.45) is 0 Å². The third-order valence-corrected chi connectivity index (χ3v) is 5.79. The normalized spacial score (nSPS) is 17.3. The maximum atomic E-state index is 13.6. The number of piperidine rings is 1. The van der Waals surface area contributed by atoms with Crippen molar-refractivity contribution < 1.29 is 4.79 Å². The molecule has 2 aromatic carbocycles. The molecule has 0 radical (unpaired) electrons. The molecule has 3 aromatic rings. The van der Waals surface area contributed by atoms with E-state index >= 15 is 0 Å². The van der Waals surface area contributed by atoms with Gasteiger partial charge in [0.2, 0.25) is 0 Å². The molecule has 1 aromatic heterocycles. The van der Waals surface area contributed by atoms with Crippen LogP contribution in [-0.4, -0.2) is 46.4 Å². The molecule has 0 spiro atoms. The highest BCUT2D eigenvalue weighted by Gasteiger charge is 2.29. The second-order valence-electron chi connectivity index (χ2n) is 7.92. The number of carbonyl (C=O) groups excluding carboxylic acids is 1. The summed E-state index contributed by atoms with van der Waals surface area (Å²) in [6.45, 7) is 5.90. The summed E-state index contributed by atoms with van der Waals surface area (Å²) in [7, 11) is 0. The highest BCUT2D eigenvalue weighted by molar-refractivity contribution is 6.06. The Bertz CT molecular complexity index is 951. The number of amides is 1. The molecule has 150 valence electrons. The van der Waals surface area contributed by atoms with Crippen LogP contribution < -0.4 is 0 Å². The van der Waals surface area contributed by atoms with Crippen molar-refractivity contribution in [3.05, 3.63) is 78.1 Å². The predicted octanol–water partition coefficient (Wildman–Crippen LogP) is 4.75. The predicted molar refractivity (Wildman–Crippen MR) is 118 cm³/mol. The fourth-order valence-corrected chi connectivity index (χ4v) is 4.40. The quantitative estimate of drug-likeness (QED) is 0.612. The Hall–Kier alpha value is -2.72. The highest BCUT2D eigenvalue weighted by Crippen LogP contribution is 2.23. The van der Waals surface area contributed by atoms with Crippen molar-refractivity contribution in [2.45, 2.75) is 38.8 Å². The van der Waals surface area contributed by atoms with E-state index in [-0.39, 0.29) is 11.9 Å². The van der Waals surface area contributed by atoms with Gasteiger partial charge < -0.3 is 4.90 Å². The number of nitrogens with zero attached hydrogens (tertiary/aromatic N) is 3. The molecular formula is C25H29N3O. The number of fused-ring (bicyclic) bond motifs is 1. The molecule has 29 heavy (non-hydrogen) atoms. The van der Waals surface area contributed by atoms with E-state index in [0.717, 1.165) is 61.8 Å². The number of hydrogen-bond donors (Lipinski definition) is 0. The van der Waals surface area contributed by atoms with Crippen molar-refractivity contribution in [1.29, 1.82) is 0 Å². The van der Waals surface area contributed by atoms with Crippen molar-refractivity contribution >= 4 is 16.7 Å². The molecule has 1 aliphatic heterocycles. The van der Waals surface area contributed by atoms with E-state index in [4.69, 9.17) is 0 Å². The van der Waals surface area contributed by atoms with Gasteiger partial charge >= 0.3 is 0 Å². The van der Waals surface area contributed by atoms with Crippen LogP contribution in [0.1, 0.15) is 42.1 Å². The van der Waals surface area contributed by atoms with Gasteiger partial charge in [0.15, 0.2) is 0 Å². The van der Waals surface area contributed by atoms with E-state index in [1.165, 1.54) is 5.56 Å². The van der Waals surface area contributed by atoms with Crippen LogP contribution in [0.25, 0.3) is 10.8 Å². The van der Waals surface area contributed by atoms with Crippen LogP contribution in [0, 0.1) is 0 Å². The van der Waals surface area contributed by atoms with Crippen LogP contribution >= 0.6 is 0 Å². The number of hydrogen-bond acceptors (Lipinski definition) is 3. The lowest BCUT2D eigenvalue weighted by Crippen LogP contribution is -2.50. The third kappa shape index (κ3) is 4.48. The van der Waals surface area contributed by atoms with Gasteiger partial charge in [0, 0.05) is 43.5 Å². The van der Waals surface area contributed by atoms with Gasteiger partial charge in [-0.15, -0.1) is 0 Å². The molecule has 0 saturated carbocycles. The first-order chi connectivity index (χ1) is 14.3. The molecule has 1 unspecified atom stereocenters. The zero-order valence-corrected chi connectivity index (χ0v) is 17.1. The summed E-state index contributed by atoms with van der Waals surface area (Å²) >= 11 is 0. The average molecular weight is 388 g/mol. The number of likely N-dealkylation sites (tertiary alicyclic amines) is 1. The molecule has 0 bridgehead atoms. The minimum Gasteiger partial charge on any atom is -0.334 e. The monoisotopic (exact) mass is 387 g/mol. The standard InChI is InChI=1S/C25H29N3O/c1-2-14-28(25(29)24-17-26-16-21-11-6-7-13-23(21)24)22-12-8-15-27(19-22)18-20-9-4-3-5-10-20/h3-7,9-11,13,16-17,22H,2,8,12,14-15,18-19H2,1H3. The zero-order chi connectivity index (χ0) is 20.1. The van der Waals surface area contributed by atoms with Gasteiger partial charge in [0.05, 0.1) is 5.56 Å². The molecule has 0 aliphatic carbocycles. The van der Waals surface area contributed by atoms with Gasteiger partial charge in [-0.3, -0.25) is 14.7 Å². The summed E-state index contributed by atoms with van der Waals surface area (Å²) in [6.07, 6.45) is 6.71. The SMILES string of the molecule is CCCN(C(=O)c1cncc2ccccc12)C1CCCN(Cc2ccccc2)C1.